The van der Waals surface area contributed by atoms with Crippen LogP contribution in [0, 0.1) is 12.7 Å². The number of nitrogens with one attached hydrogen (secondary N) is 1. The van der Waals surface area contributed by atoms with Crippen molar-refractivity contribution in [2.24, 2.45) is 5.73 Å². The number of aliphatic hydroxyl groups is 1. The summed E-state index contributed by atoms with van der Waals surface area (Å²) in [7, 11) is 0. The zero-order valence-corrected chi connectivity index (χ0v) is 11.0. The molecule has 4 nitrogen and oxygen atoms in total. The molecule has 0 fully saturated rings. The minimum absolute atomic E-state index is 0.101. The minimum atomic E-state index is -0.967. The van der Waals surface area contributed by atoms with Gasteiger partial charge in [0.15, 0.2) is 0 Å². The molecule has 1 amide bonds. The van der Waals surface area contributed by atoms with E-state index >= 15 is 0 Å². The Balaban J connectivity index is 3.12. The van der Waals surface area contributed by atoms with Crippen LogP contribution in [0.3, 0.4) is 0 Å². The van der Waals surface area contributed by atoms with Crippen molar-refractivity contribution in [3.8, 4) is 0 Å². The molecule has 100 valence electrons. The van der Waals surface area contributed by atoms with Crippen LogP contribution >= 0.6 is 0 Å². The standard InChI is InChI=1S/C13H19FN2O2/c1-7-10(14)5-9(12(15)17)6-11(7)16-8(2)13(3,4)18/h5-6,8,16,18H,1-4H3,(H2,15,17). The third-order valence-corrected chi connectivity index (χ3v) is 3.06. The van der Waals surface area contributed by atoms with E-state index in [9.17, 15) is 14.3 Å². The van der Waals surface area contributed by atoms with E-state index in [2.05, 4.69) is 5.32 Å². The molecule has 0 bridgehead atoms. The molecular formula is C13H19FN2O2. The highest BCUT2D eigenvalue weighted by Crippen LogP contribution is 2.23. The Morgan fingerprint density at radius 1 is 1.50 bits per heavy atom. The fraction of sp³-hybridized carbons (Fsp3) is 0.462. The number of primary amides is 1. The molecule has 0 aliphatic carbocycles. The van der Waals surface area contributed by atoms with Crippen LogP contribution in [0.15, 0.2) is 12.1 Å². The lowest BCUT2D eigenvalue weighted by atomic mass is 9.99. The van der Waals surface area contributed by atoms with E-state index in [4.69, 9.17) is 5.73 Å². The van der Waals surface area contributed by atoms with Gasteiger partial charge in [-0.25, -0.2) is 4.39 Å². The molecule has 5 heteroatoms. The molecule has 0 radical (unpaired) electrons. The fourth-order valence-electron chi connectivity index (χ4n) is 1.38. The minimum Gasteiger partial charge on any atom is -0.388 e. The van der Waals surface area contributed by atoms with E-state index in [1.54, 1.807) is 27.7 Å². The lowest BCUT2D eigenvalue weighted by Crippen LogP contribution is -2.39. The lowest BCUT2D eigenvalue weighted by Gasteiger charge is -2.28. The number of rotatable bonds is 4. The van der Waals surface area contributed by atoms with Crippen LogP contribution in [-0.4, -0.2) is 22.7 Å². The molecule has 1 atom stereocenters. The summed E-state index contributed by atoms with van der Waals surface area (Å²) in [6.07, 6.45) is 0. The average molecular weight is 254 g/mol. The quantitative estimate of drug-likeness (QED) is 0.767. The highest BCUT2D eigenvalue weighted by Gasteiger charge is 2.23. The van der Waals surface area contributed by atoms with Gasteiger partial charge in [-0.3, -0.25) is 4.79 Å². The molecule has 1 aromatic carbocycles. The third kappa shape index (κ3) is 3.20. The first-order chi connectivity index (χ1) is 8.12. The topological polar surface area (TPSA) is 75.4 Å². The summed E-state index contributed by atoms with van der Waals surface area (Å²) < 4.78 is 13.6. The van der Waals surface area contributed by atoms with E-state index in [-0.39, 0.29) is 11.6 Å². The summed E-state index contributed by atoms with van der Waals surface area (Å²) in [5, 5.41) is 12.8. The number of amides is 1. The number of benzene rings is 1. The monoisotopic (exact) mass is 254 g/mol. The summed E-state index contributed by atoms with van der Waals surface area (Å²) in [6, 6.07) is 2.29. The fourth-order valence-corrected chi connectivity index (χ4v) is 1.38. The zero-order chi connectivity index (χ0) is 14.1. The predicted octanol–water partition coefficient (Wildman–Crippen LogP) is 1.80. The maximum absolute atomic E-state index is 13.6. The molecule has 1 unspecified atom stereocenters. The van der Waals surface area contributed by atoms with Crippen molar-refractivity contribution in [2.45, 2.75) is 39.3 Å². The molecule has 0 aromatic heterocycles. The molecule has 0 aliphatic heterocycles. The molecule has 1 rings (SSSR count). The summed E-state index contributed by atoms with van der Waals surface area (Å²) in [5.74, 6) is -1.19. The average Bonchev–Trinajstić information content (AvgIpc) is 2.22. The van der Waals surface area contributed by atoms with Gasteiger partial charge in [0.1, 0.15) is 5.82 Å². The van der Waals surface area contributed by atoms with E-state index in [0.717, 1.165) is 6.07 Å². The van der Waals surface area contributed by atoms with Crippen LogP contribution in [0.1, 0.15) is 36.7 Å². The van der Waals surface area contributed by atoms with Gasteiger partial charge >= 0.3 is 0 Å². The Hall–Kier alpha value is -1.62. The second-order valence-corrected chi connectivity index (χ2v) is 5.01. The smallest absolute Gasteiger partial charge is 0.248 e. The summed E-state index contributed by atoms with van der Waals surface area (Å²) in [4.78, 5) is 11.1. The summed E-state index contributed by atoms with van der Waals surface area (Å²) >= 11 is 0. The van der Waals surface area contributed by atoms with E-state index in [1.807, 2.05) is 0 Å². The molecule has 0 saturated heterocycles. The first-order valence-electron chi connectivity index (χ1n) is 5.71. The van der Waals surface area contributed by atoms with Gasteiger partial charge in [0.25, 0.3) is 0 Å². The van der Waals surface area contributed by atoms with Crippen LogP contribution in [-0.2, 0) is 0 Å². The number of hydrogen-bond donors (Lipinski definition) is 3. The molecule has 0 spiro atoms. The van der Waals surface area contributed by atoms with Gasteiger partial charge in [-0.1, -0.05) is 0 Å². The molecule has 4 N–H and O–H groups in total. The van der Waals surface area contributed by atoms with E-state index in [1.165, 1.54) is 6.07 Å². The van der Waals surface area contributed by atoms with Crippen molar-refractivity contribution in [3.05, 3.63) is 29.1 Å². The second-order valence-electron chi connectivity index (χ2n) is 5.01. The van der Waals surface area contributed by atoms with Gasteiger partial charge in [-0.05, 0) is 39.8 Å². The molecule has 0 heterocycles. The van der Waals surface area contributed by atoms with Crippen molar-refractivity contribution in [1.29, 1.82) is 0 Å². The third-order valence-electron chi connectivity index (χ3n) is 3.06. The number of carbonyl (C=O) groups is 1. The van der Waals surface area contributed by atoms with Crippen molar-refractivity contribution in [3.63, 3.8) is 0 Å². The Bertz CT molecular complexity index is 467. The van der Waals surface area contributed by atoms with Gasteiger partial charge in [0, 0.05) is 16.8 Å². The zero-order valence-electron chi connectivity index (χ0n) is 11.0. The molecule has 1 aromatic rings. The van der Waals surface area contributed by atoms with Crippen molar-refractivity contribution in [1.82, 2.24) is 0 Å². The van der Waals surface area contributed by atoms with Crippen LogP contribution in [0.4, 0.5) is 10.1 Å². The Morgan fingerprint density at radius 3 is 2.50 bits per heavy atom. The Labute approximate surface area is 106 Å². The molecular weight excluding hydrogens is 235 g/mol. The van der Waals surface area contributed by atoms with Gasteiger partial charge in [-0.2, -0.15) is 0 Å². The van der Waals surface area contributed by atoms with Crippen molar-refractivity contribution in [2.75, 3.05) is 5.32 Å². The normalized spacial score (nSPS) is 13.2. The number of halogens is 1. The van der Waals surface area contributed by atoms with Gasteiger partial charge in [0.05, 0.1) is 11.6 Å². The van der Waals surface area contributed by atoms with Crippen molar-refractivity contribution < 1.29 is 14.3 Å². The van der Waals surface area contributed by atoms with E-state index in [0.29, 0.717) is 11.3 Å². The van der Waals surface area contributed by atoms with Crippen LogP contribution in [0.5, 0.6) is 0 Å². The lowest BCUT2D eigenvalue weighted by molar-refractivity contribution is 0.0649. The van der Waals surface area contributed by atoms with Crippen LogP contribution in [0.2, 0.25) is 0 Å². The maximum atomic E-state index is 13.6. The van der Waals surface area contributed by atoms with Crippen molar-refractivity contribution >= 4 is 11.6 Å². The number of carbonyl (C=O) groups excluding carboxylic acids is 1. The Morgan fingerprint density at radius 2 is 2.06 bits per heavy atom. The van der Waals surface area contributed by atoms with Gasteiger partial charge in [0.2, 0.25) is 5.91 Å². The second kappa shape index (κ2) is 4.94. The van der Waals surface area contributed by atoms with Crippen LogP contribution in [0.25, 0.3) is 0 Å². The number of nitrogens with two attached hydrogens (primary N) is 1. The molecule has 18 heavy (non-hydrogen) atoms. The largest absolute Gasteiger partial charge is 0.388 e. The Kier molecular flexibility index (Phi) is 3.96. The van der Waals surface area contributed by atoms with E-state index < -0.39 is 17.3 Å². The first-order valence-corrected chi connectivity index (χ1v) is 5.71. The highest BCUT2D eigenvalue weighted by molar-refractivity contribution is 5.94. The predicted molar refractivity (Wildman–Crippen MR) is 69.0 cm³/mol. The number of hydrogen-bond acceptors (Lipinski definition) is 3. The van der Waals surface area contributed by atoms with Crippen LogP contribution < -0.4 is 11.1 Å². The first kappa shape index (κ1) is 14.4. The number of anilines is 1. The SMILES string of the molecule is Cc1c(F)cc(C(N)=O)cc1NC(C)C(C)(C)O. The van der Waals surface area contributed by atoms with Gasteiger partial charge < -0.3 is 16.2 Å². The molecule has 0 aliphatic rings. The summed E-state index contributed by atoms with van der Waals surface area (Å²) in [5.41, 5.74) is 5.11. The molecule has 0 saturated carbocycles. The highest BCUT2D eigenvalue weighted by atomic mass is 19.1. The summed E-state index contributed by atoms with van der Waals surface area (Å²) in [6.45, 7) is 6.66. The van der Waals surface area contributed by atoms with Gasteiger partial charge in [-0.15, -0.1) is 0 Å². The maximum Gasteiger partial charge on any atom is 0.248 e.